The molecule has 1 unspecified atom stereocenters. The largest absolute Gasteiger partial charge is 0.472 e. The van der Waals surface area contributed by atoms with E-state index in [4.69, 9.17) is 9.05 Å². The summed E-state index contributed by atoms with van der Waals surface area (Å²) < 4.78 is 21.5. The smallest absolute Gasteiger partial charge is 0.396 e. The van der Waals surface area contributed by atoms with Crippen molar-refractivity contribution < 1.29 is 28.4 Å². The highest BCUT2D eigenvalue weighted by atomic mass is 31.2. The van der Waals surface area contributed by atoms with Gasteiger partial charge >= 0.3 is 7.82 Å². The van der Waals surface area contributed by atoms with Crippen molar-refractivity contribution in [3.63, 3.8) is 0 Å². The van der Waals surface area contributed by atoms with Gasteiger partial charge in [0.1, 0.15) is 5.78 Å². The third kappa shape index (κ3) is 7.29. The summed E-state index contributed by atoms with van der Waals surface area (Å²) in [6, 6.07) is 15.8. The Kier molecular flexibility index (Phi) is 9.51. The molecule has 34 heavy (non-hydrogen) atoms. The van der Waals surface area contributed by atoms with Crippen LogP contribution in [0.4, 0.5) is 0 Å². The molecule has 182 valence electrons. The summed E-state index contributed by atoms with van der Waals surface area (Å²) in [6.07, 6.45) is 3.46. The first kappa shape index (κ1) is 26.2. The van der Waals surface area contributed by atoms with E-state index in [9.17, 15) is 19.4 Å². The van der Waals surface area contributed by atoms with Crippen molar-refractivity contribution in [2.45, 2.75) is 52.1 Å². The maximum absolute atomic E-state index is 12.8. The molecule has 0 aliphatic rings. The van der Waals surface area contributed by atoms with Gasteiger partial charge in [0.25, 0.3) is 0 Å². The maximum Gasteiger partial charge on any atom is 0.472 e. The first-order chi connectivity index (χ1) is 16.3. The van der Waals surface area contributed by atoms with Crippen LogP contribution in [0.2, 0.25) is 0 Å². The number of aromatic nitrogens is 1. The number of ketones is 1. The highest BCUT2D eigenvalue weighted by molar-refractivity contribution is 7.47. The van der Waals surface area contributed by atoms with Crippen molar-refractivity contribution in [1.29, 1.82) is 0 Å². The zero-order chi connectivity index (χ0) is 24.6. The minimum atomic E-state index is -4.05. The Hall–Kier alpha value is -2.41. The molecule has 0 saturated heterocycles. The summed E-state index contributed by atoms with van der Waals surface area (Å²) in [6.45, 7) is 3.41. The normalized spacial score (nSPS) is 13.3. The molecule has 0 radical (unpaired) electrons. The predicted molar refractivity (Wildman–Crippen MR) is 133 cm³/mol. The number of nitrogens with zero attached hydrogens (tertiary/aromatic N) is 1. The number of carbonyl (C=O) groups is 1. The number of para-hydroxylation sites is 1. The quantitative estimate of drug-likeness (QED) is 0.251. The number of aliphatic hydroxyl groups excluding tert-OH is 1. The molecule has 8 heteroatoms. The second-order valence-electron chi connectivity index (χ2n) is 8.44. The molecule has 0 fully saturated rings. The molecule has 0 aliphatic carbocycles. The molecule has 0 saturated carbocycles. The van der Waals surface area contributed by atoms with Gasteiger partial charge in [0, 0.05) is 31.0 Å². The topological polar surface area (TPSA) is 106 Å². The number of unbranched alkanes of at least 4 members (excludes halogenated alkanes) is 1. The van der Waals surface area contributed by atoms with Crippen LogP contribution in [-0.4, -0.2) is 40.1 Å². The van der Waals surface area contributed by atoms with Gasteiger partial charge in [0.2, 0.25) is 0 Å². The van der Waals surface area contributed by atoms with Crippen LogP contribution in [0.25, 0.3) is 22.0 Å². The summed E-state index contributed by atoms with van der Waals surface area (Å²) in [7, 11) is -4.05. The fourth-order valence-corrected chi connectivity index (χ4v) is 4.88. The molecule has 7 nitrogen and oxygen atoms in total. The summed E-state index contributed by atoms with van der Waals surface area (Å²) >= 11 is 0. The SMILES string of the molecule is CC(C)OP(=O)(O)OCCCCC(=O)Cc1cnc2c(CCO)cccc2c1-c1ccccc1. The lowest BCUT2D eigenvalue weighted by atomic mass is 9.92. The first-order valence-electron chi connectivity index (χ1n) is 11.5. The third-order valence-electron chi connectivity index (χ3n) is 5.34. The molecule has 0 amide bonds. The van der Waals surface area contributed by atoms with Gasteiger partial charge in [0.15, 0.2) is 0 Å². The van der Waals surface area contributed by atoms with Gasteiger partial charge in [-0.25, -0.2) is 4.57 Å². The molecule has 1 atom stereocenters. The first-order valence-corrected chi connectivity index (χ1v) is 13.0. The predicted octanol–water partition coefficient (Wildman–Crippen LogP) is 5.26. The molecule has 1 aromatic heterocycles. The number of Topliss-reactive ketones (excluding diaryl/α,β-unsaturated/α-hetero) is 1. The minimum absolute atomic E-state index is 0.0424. The second kappa shape index (κ2) is 12.3. The average molecular weight is 486 g/mol. The van der Waals surface area contributed by atoms with E-state index in [1.54, 1.807) is 20.0 Å². The zero-order valence-electron chi connectivity index (χ0n) is 19.6. The van der Waals surface area contributed by atoms with Crippen LogP contribution in [0, 0.1) is 0 Å². The average Bonchev–Trinajstić information content (AvgIpc) is 2.78. The van der Waals surface area contributed by atoms with Gasteiger partial charge in [0.05, 0.1) is 18.2 Å². The van der Waals surface area contributed by atoms with E-state index in [-0.39, 0.29) is 25.4 Å². The summed E-state index contributed by atoms with van der Waals surface area (Å²) in [5, 5.41) is 10.4. The highest BCUT2D eigenvalue weighted by Gasteiger charge is 2.22. The monoisotopic (exact) mass is 485 g/mol. The van der Waals surface area contributed by atoms with E-state index in [1.807, 2.05) is 48.5 Å². The third-order valence-corrected chi connectivity index (χ3v) is 6.54. The number of aliphatic hydroxyl groups is 1. The van der Waals surface area contributed by atoms with Gasteiger partial charge in [-0.05, 0) is 55.4 Å². The van der Waals surface area contributed by atoms with Gasteiger partial charge in [-0.15, -0.1) is 0 Å². The van der Waals surface area contributed by atoms with Crippen LogP contribution >= 0.6 is 7.82 Å². The summed E-state index contributed by atoms with van der Waals surface area (Å²) in [5.74, 6) is 0.0652. The molecular formula is C26H32NO6P. The van der Waals surface area contributed by atoms with Crippen molar-refractivity contribution in [2.24, 2.45) is 0 Å². The molecule has 0 spiro atoms. The van der Waals surface area contributed by atoms with Gasteiger partial charge in [-0.3, -0.25) is 18.8 Å². The molecule has 3 aromatic rings. The van der Waals surface area contributed by atoms with E-state index in [0.717, 1.165) is 33.2 Å². The van der Waals surface area contributed by atoms with Gasteiger partial charge < -0.3 is 10.00 Å². The van der Waals surface area contributed by atoms with E-state index >= 15 is 0 Å². The maximum atomic E-state index is 12.8. The van der Waals surface area contributed by atoms with Crippen LogP contribution in [0.5, 0.6) is 0 Å². The van der Waals surface area contributed by atoms with Crippen LogP contribution in [0.1, 0.15) is 44.2 Å². The molecule has 0 aliphatic heterocycles. The lowest BCUT2D eigenvalue weighted by Gasteiger charge is -2.15. The molecule has 1 heterocycles. The van der Waals surface area contributed by atoms with Crippen LogP contribution < -0.4 is 0 Å². The van der Waals surface area contributed by atoms with Crippen molar-refractivity contribution in [1.82, 2.24) is 4.98 Å². The minimum Gasteiger partial charge on any atom is -0.396 e. The number of pyridine rings is 1. The molecule has 0 bridgehead atoms. The van der Waals surface area contributed by atoms with Gasteiger partial charge in [-0.2, -0.15) is 0 Å². The lowest BCUT2D eigenvalue weighted by molar-refractivity contribution is -0.118. The zero-order valence-corrected chi connectivity index (χ0v) is 20.5. The number of phosphoric acid groups is 1. The molecule has 2 N–H and O–H groups in total. The standard InChI is InChI=1S/C26H32NO6P/c1-19(2)33-34(30,31)32-16-7-6-12-23(29)17-22-18-27-26-21(14-15-28)11-8-13-24(26)25(22)20-9-4-3-5-10-20/h3-5,8-11,13,18-19,28H,6-7,12,14-17H2,1-2H3,(H,30,31). The molecular weight excluding hydrogens is 453 g/mol. The number of fused-ring (bicyclic) bond motifs is 1. The molecule has 2 aromatic carbocycles. The molecule has 3 rings (SSSR count). The fourth-order valence-electron chi connectivity index (χ4n) is 3.93. The Bertz CT molecular complexity index is 1150. The Morgan fingerprint density at radius 3 is 2.53 bits per heavy atom. The van der Waals surface area contributed by atoms with Gasteiger partial charge in [-0.1, -0.05) is 48.5 Å². The van der Waals surface area contributed by atoms with E-state index in [2.05, 4.69) is 4.98 Å². The Morgan fingerprint density at radius 1 is 1.06 bits per heavy atom. The fraction of sp³-hybridized carbons (Fsp3) is 0.385. The number of hydrogen-bond donors (Lipinski definition) is 2. The summed E-state index contributed by atoms with van der Waals surface area (Å²) in [4.78, 5) is 27.0. The summed E-state index contributed by atoms with van der Waals surface area (Å²) in [5.41, 5.74) is 4.65. The number of rotatable bonds is 13. The number of phosphoric ester groups is 1. The number of hydrogen-bond acceptors (Lipinski definition) is 6. The van der Waals surface area contributed by atoms with Crippen molar-refractivity contribution >= 4 is 24.5 Å². The van der Waals surface area contributed by atoms with E-state index in [1.165, 1.54) is 0 Å². The Morgan fingerprint density at radius 2 is 1.82 bits per heavy atom. The van der Waals surface area contributed by atoms with Crippen LogP contribution in [-0.2, 0) is 31.2 Å². The Labute approximate surface area is 200 Å². The lowest BCUT2D eigenvalue weighted by Crippen LogP contribution is -2.07. The van der Waals surface area contributed by atoms with E-state index < -0.39 is 13.9 Å². The van der Waals surface area contributed by atoms with Crippen molar-refractivity contribution in [3.05, 3.63) is 65.9 Å². The Balaban J connectivity index is 1.72. The highest BCUT2D eigenvalue weighted by Crippen LogP contribution is 2.44. The van der Waals surface area contributed by atoms with Crippen molar-refractivity contribution in [2.75, 3.05) is 13.2 Å². The number of benzene rings is 2. The number of carbonyl (C=O) groups excluding carboxylic acids is 1. The van der Waals surface area contributed by atoms with Crippen LogP contribution in [0.3, 0.4) is 0 Å². The second-order valence-corrected chi connectivity index (χ2v) is 9.85. The van der Waals surface area contributed by atoms with E-state index in [0.29, 0.717) is 25.7 Å². The van der Waals surface area contributed by atoms with Crippen LogP contribution in [0.15, 0.2) is 54.7 Å². The van der Waals surface area contributed by atoms with Crippen molar-refractivity contribution in [3.8, 4) is 11.1 Å².